The van der Waals surface area contributed by atoms with Crippen molar-refractivity contribution in [2.24, 2.45) is 0 Å². The third-order valence-electron chi connectivity index (χ3n) is 3.56. The second kappa shape index (κ2) is 4.30. The molecule has 2 nitrogen and oxygen atoms in total. The molecule has 0 saturated carbocycles. The van der Waals surface area contributed by atoms with Crippen LogP contribution in [0.4, 0.5) is 5.69 Å². The minimum atomic E-state index is 0.657. The minimum Gasteiger partial charge on any atom is -0.367 e. The molecule has 1 saturated heterocycles. The summed E-state index contributed by atoms with van der Waals surface area (Å²) in [6.45, 7) is 3.49. The van der Waals surface area contributed by atoms with E-state index in [1.165, 1.54) is 23.4 Å². The molecule has 0 amide bonds. The first-order chi connectivity index (χ1) is 7.84. The fourth-order valence-electron chi connectivity index (χ4n) is 2.70. The van der Waals surface area contributed by atoms with Gasteiger partial charge in [-0.1, -0.05) is 18.2 Å². The van der Waals surface area contributed by atoms with E-state index in [0.29, 0.717) is 12.1 Å². The molecule has 3 rings (SSSR count). The van der Waals surface area contributed by atoms with E-state index < -0.39 is 0 Å². The van der Waals surface area contributed by atoms with Crippen LogP contribution in [-0.2, 0) is 6.42 Å². The Morgan fingerprint density at radius 2 is 2.31 bits per heavy atom. The van der Waals surface area contributed by atoms with E-state index in [9.17, 15) is 0 Å². The minimum absolute atomic E-state index is 0.657. The number of rotatable bonds is 2. The lowest BCUT2D eigenvalue weighted by Gasteiger charge is -2.27. The molecule has 2 aliphatic heterocycles. The van der Waals surface area contributed by atoms with Crippen molar-refractivity contribution in [1.29, 1.82) is 0 Å². The summed E-state index contributed by atoms with van der Waals surface area (Å²) < 4.78 is 0. The Hall–Kier alpha value is -0.670. The molecule has 16 heavy (non-hydrogen) atoms. The predicted octanol–water partition coefficient (Wildman–Crippen LogP) is 2.10. The van der Waals surface area contributed by atoms with Crippen LogP contribution in [0.25, 0.3) is 0 Å². The molecule has 2 unspecified atom stereocenters. The van der Waals surface area contributed by atoms with Gasteiger partial charge in [0.25, 0.3) is 0 Å². The topological polar surface area (TPSA) is 15.3 Å². The Balaban J connectivity index is 1.79. The molecule has 86 valence electrons. The third-order valence-corrected chi connectivity index (χ3v) is 4.57. The molecule has 0 bridgehead atoms. The molecule has 1 fully saturated rings. The highest BCUT2D eigenvalue weighted by atomic mass is 32.2. The van der Waals surface area contributed by atoms with Crippen molar-refractivity contribution in [3.63, 3.8) is 0 Å². The fraction of sp³-hybridized carbons (Fsp3) is 0.538. The van der Waals surface area contributed by atoms with Gasteiger partial charge in [0.15, 0.2) is 0 Å². The standard InChI is InChI=1S/C13H18N2S/c1-10-6-11-4-2-3-5-13(11)15(10)7-12-8-16-9-14-12/h2-5,10,12,14H,6-9H2,1H3. The van der Waals surface area contributed by atoms with Crippen LogP contribution in [0.2, 0.25) is 0 Å². The van der Waals surface area contributed by atoms with Crippen LogP contribution in [0.15, 0.2) is 24.3 Å². The summed E-state index contributed by atoms with van der Waals surface area (Å²) in [6, 6.07) is 10.2. The molecule has 3 heteroatoms. The van der Waals surface area contributed by atoms with Crippen molar-refractivity contribution in [3.05, 3.63) is 29.8 Å². The largest absolute Gasteiger partial charge is 0.367 e. The molecule has 2 atom stereocenters. The summed E-state index contributed by atoms with van der Waals surface area (Å²) >= 11 is 2.01. The number of fused-ring (bicyclic) bond motifs is 1. The van der Waals surface area contributed by atoms with Crippen LogP contribution in [-0.4, -0.2) is 30.3 Å². The number of thioether (sulfide) groups is 1. The summed E-state index contributed by atoms with van der Waals surface area (Å²) in [5.74, 6) is 2.37. The first-order valence-electron chi connectivity index (χ1n) is 6.00. The van der Waals surface area contributed by atoms with E-state index in [4.69, 9.17) is 0 Å². The van der Waals surface area contributed by atoms with Crippen LogP contribution < -0.4 is 10.2 Å². The summed E-state index contributed by atoms with van der Waals surface area (Å²) in [4.78, 5) is 2.57. The van der Waals surface area contributed by atoms with E-state index in [-0.39, 0.29) is 0 Å². The Labute approximate surface area is 101 Å². The van der Waals surface area contributed by atoms with Crippen molar-refractivity contribution < 1.29 is 0 Å². The Kier molecular flexibility index (Phi) is 2.82. The normalized spacial score (nSPS) is 28.4. The van der Waals surface area contributed by atoms with E-state index in [1.54, 1.807) is 0 Å². The maximum absolute atomic E-state index is 3.56. The molecule has 0 radical (unpaired) electrons. The van der Waals surface area contributed by atoms with Gasteiger partial charge in [-0.25, -0.2) is 0 Å². The van der Waals surface area contributed by atoms with Crippen LogP contribution in [0.1, 0.15) is 12.5 Å². The van der Waals surface area contributed by atoms with Gasteiger partial charge in [-0.2, -0.15) is 0 Å². The quantitative estimate of drug-likeness (QED) is 0.843. The Bertz CT molecular complexity index is 374. The van der Waals surface area contributed by atoms with Gasteiger partial charge in [-0.3, -0.25) is 0 Å². The summed E-state index contributed by atoms with van der Waals surface area (Å²) in [5.41, 5.74) is 2.97. The third kappa shape index (κ3) is 1.82. The number of anilines is 1. The summed E-state index contributed by atoms with van der Waals surface area (Å²) in [6.07, 6.45) is 1.20. The first-order valence-corrected chi connectivity index (χ1v) is 7.16. The summed E-state index contributed by atoms with van der Waals surface area (Å²) in [7, 11) is 0. The Morgan fingerprint density at radius 3 is 3.12 bits per heavy atom. The molecule has 2 aliphatic rings. The van der Waals surface area contributed by atoms with Crippen molar-refractivity contribution in [2.75, 3.05) is 23.1 Å². The zero-order valence-electron chi connectivity index (χ0n) is 9.65. The van der Waals surface area contributed by atoms with Gasteiger partial charge in [-0.15, -0.1) is 11.8 Å². The lowest BCUT2D eigenvalue weighted by molar-refractivity contribution is 0.571. The van der Waals surface area contributed by atoms with E-state index >= 15 is 0 Å². The number of nitrogens with one attached hydrogen (secondary N) is 1. The van der Waals surface area contributed by atoms with Crippen molar-refractivity contribution >= 4 is 17.4 Å². The monoisotopic (exact) mass is 234 g/mol. The van der Waals surface area contributed by atoms with Gasteiger partial charge >= 0.3 is 0 Å². The molecule has 1 aromatic carbocycles. The van der Waals surface area contributed by atoms with Gasteiger partial charge in [0.1, 0.15) is 0 Å². The molecule has 0 spiro atoms. The molecule has 1 aromatic rings. The number of nitrogens with zero attached hydrogens (tertiary/aromatic N) is 1. The second-order valence-corrected chi connectivity index (χ2v) is 5.78. The van der Waals surface area contributed by atoms with Crippen molar-refractivity contribution in [2.45, 2.75) is 25.4 Å². The molecule has 0 aromatic heterocycles. The lowest BCUT2D eigenvalue weighted by atomic mass is 10.1. The zero-order chi connectivity index (χ0) is 11.0. The smallest absolute Gasteiger partial charge is 0.0421 e. The average molecular weight is 234 g/mol. The highest BCUT2D eigenvalue weighted by Crippen LogP contribution is 2.32. The fourth-order valence-corrected chi connectivity index (χ4v) is 3.68. The van der Waals surface area contributed by atoms with Crippen LogP contribution in [0.3, 0.4) is 0 Å². The number of hydrogen-bond donors (Lipinski definition) is 1. The maximum Gasteiger partial charge on any atom is 0.0421 e. The molecule has 2 heterocycles. The van der Waals surface area contributed by atoms with Crippen LogP contribution >= 0.6 is 11.8 Å². The van der Waals surface area contributed by atoms with Gasteiger partial charge in [0, 0.05) is 35.9 Å². The van der Waals surface area contributed by atoms with E-state index in [2.05, 4.69) is 41.4 Å². The number of benzene rings is 1. The van der Waals surface area contributed by atoms with Crippen molar-refractivity contribution in [3.8, 4) is 0 Å². The van der Waals surface area contributed by atoms with Crippen LogP contribution in [0, 0.1) is 0 Å². The summed E-state index contributed by atoms with van der Waals surface area (Å²) in [5, 5.41) is 3.56. The predicted molar refractivity (Wildman–Crippen MR) is 71.2 cm³/mol. The van der Waals surface area contributed by atoms with Crippen molar-refractivity contribution in [1.82, 2.24) is 5.32 Å². The van der Waals surface area contributed by atoms with E-state index in [1.807, 2.05) is 11.8 Å². The molecular formula is C13H18N2S. The molecule has 1 N–H and O–H groups in total. The van der Waals surface area contributed by atoms with E-state index in [0.717, 1.165) is 12.4 Å². The van der Waals surface area contributed by atoms with Gasteiger partial charge in [-0.05, 0) is 25.0 Å². The van der Waals surface area contributed by atoms with Crippen LogP contribution in [0.5, 0.6) is 0 Å². The molecule has 0 aliphatic carbocycles. The SMILES string of the molecule is CC1Cc2ccccc2N1CC1CSCN1. The zero-order valence-corrected chi connectivity index (χ0v) is 10.5. The highest BCUT2D eigenvalue weighted by molar-refractivity contribution is 7.99. The first kappa shape index (κ1) is 10.5. The lowest BCUT2D eigenvalue weighted by Crippen LogP contribution is -2.41. The number of hydrogen-bond acceptors (Lipinski definition) is 3. The second-order valence-electron chi connectivity index (χ2n) is 4.75. The number of para-hydroxylation sites is 1. The highest BCUT2D eigenvalue weighted by Gasteiger charge is 2.28. The Morgan fingerprint density at radius 1 is 1.44 bits per heavy atom. The van der Waals surface area contributed by atoms with Gasteiger partial charge < -0.3 is 10.2 Å². The van der Waals surface area contributed by atoms with Gasteiger partial charge in [0.05, 0.1) is 0 Å². The maximum atomic E-state index is 3.56. The average Bonchev–Trinajstić information content (AvgIpc) is 2.89. The molecular weight excluding hydrogens is 216 g/mol. The van der Waals surface area contributed by atoms with Gasteiger partial charge in [0.2, 0.25) is 0 Å².